The highest BCUT2D eigenvalue weighted by atomic mass is 35.5. The third kappa shape index (κ3) is 6.94. The van der Waals surface area contributed by atoms with Crippen LogP contribution in [0.2, 0.25) is 5.02 Å². The van der Waals surface area contributed by atoms with E-state index in [2.05, 4.69) is 16.0 Å². The van der Waals surface area contributed by atoms with Crippen LogP contribution in [0.15, 0.2) is 48.5 Å². The molecule has 3 N–H and O–H groups in total. The molecule has 156 valence electrons. The summed E-state index contributed by atoms with van der Waals surface area (Å²) in [5.41, 5.74) is 1.37. The summed E-state index contributed by atoms with van der Waals surface area (Å²) >= 11 is 10.9. The lowest BCUT2D eigenvalue weighted by Crippen LogP contribution is -2.32. The first kappa shape index (κ1) is 23.0. The summed E-state index contributed by atoms with van der Waals surface area (Å²) in [5, 5.41) is 19.1. The number of amides is 2. The third-order valence-corrected chi connectivity index (χ3v) is 4.27. The van der Waals surface area contributed by atoms with Crippen LogP contribution >= 0.6 is 23.8 Å². The molecule has 0 atom stereocenters. The number of nitro groups is 1. The summed E-state index contributed by atoms with van der Waals surface area (Å²) in [6.07, 6.45) is 2.60. The van der Waals surface area contributed by atoms with Crippen molar-refractivity contribution in [3.05, 3.63) is 69.2 Å². The number of nitro benzene ring substituents is 1. The minimum absolute atomic E-state index is 0.0128. The molecule has 0 spiro atoms. The number of benzene rings is 2. The number of halogens is 1. The number of hydrogen-bond donors (Lipinski definition) is 3. The first-order chi connectivity index (χ1) is 14.2. The van der Waals surface area contributed by atoms with Crippen LogP contribution in [-0.4, -0.2) is 21.9 Å². The van der Waals surface area contributed by atoms with E-state index in [1.807, 2.05) is 0 Å². The van der Waals surface area contributed by atoms with Gasteiger partial charge in [0, 0.05) is 29.4 Å². The minimum atomic E-state index is -0.601. The van der Waals surface area contributed by atoms with Crippen molar-refractivity contribution in [1.82, 2.24) is 5.32 Å². The Hall–Kier alpha value is -3.30. The molecular weight excluding hydrogens is 428 g/mol. The van der Waals surface area contributed by atoms with Gasteiger partial charge in [-0.1, -0.05) is 37.6 Å². The first-order valence-electron chi connectivity index (χ1n) is 8.80. The number of carbonyl (C=O) groups is 2. The molecule has 0 unspecified atom stereocenters. The van der Waals surface area contributed by atoms with Crippen molar-refractivity contribution < 1.29 is 14.5 Å². The quantitative estimate of drug-likeness (QED) is 0.263. The van der Waals surface area contributed by atoms with E-state index in [9.17, 15) is 19.7 Å². The van der Waals surface area contributed by atoms with Gasteiger partial charge in [0.2, 0.25) is 11.8 Å². The molecule has 2 amide bonds. The number of nitrogens with one attached hydrogen (secondary N) is 3. The monoisotopic (exact) mass is 446 g/mol. The van der Waals surface area contributed by atoms with E-state index in [0.29, 0.717) is 16.9 Å². The Labute approximate surface area is 183 Å². The van der Waals surface area contributed by atoms with Crippen LogP contribution < -0.4 is 16.0 Å². The topological polar surface area (TPSA) is 113 Å². The summed E-state index contributed by atoms with van der Waals surface area (Å²) < 4.78 is 0. The Morgan fingerprint density at radius 3 is 2.43 bits per heavy atom. The molecule has 2 aromatic carbocycles. The molecule has 0 aliphatic carbocycles. The maximum atomic E-state index is 12.0. The molecule has 0 saturated carbocycles. The number of rotatable bonds is 6. The van der Waals surface area contributed by atoms with Gasteiger partial charge in [0.05, 0.1) is 4.92 Å². The Bertz CT molecular complexity index is 1020. The second kappa shape index (κ2) is 10.5. The van der Waals surface area contributed by atoms with Gasteiger partial charge < -0.3 is 10.6 Å². The van der Waals surface area contributed by atoms with Crippen LogP contribution in [-0.2, 0) is 9.59 Å². The first-order valence-corrected chi connectivity index (χ1v) is 9.59. The van der Waals surface area contributed by atoms with Crippen molar-refractivity contribution in [2.75, 3.05) is 10.6 Å². The van der Waals surface area contributed by atoms with E-state index < -0.39 is 10.8 Å². The smallest absolute Gasteiger partial charge is 0.288 e. The van der Waals surface area contributed by atoms with E-state index in [4.69, 9.17) is 23.8 Å². The van der Waals surface area contributed by atoms with Gasteiger partial charge in [0.25, 0.3) is 5.69 Å². The van der Waals surface area contributed by atoms with Crippen molar-refractivity contribution in [2.24, 2.45) is 5.92 Å². The third-order valence-electron chi connectivity index (χ3n) is 3.74. The van der Waals surface area contributed by atoms with E-state index in [1.165, 1.54) is 24.3 Å². The lowest BCUT2D eigenvalue weighted by Gasteiger charge is -2.11. The van der Waals surface area contributed by atoms with E-state index in [1.54, 1.807) is 44.2 Å². The SMILES string of the molecule is CC(C)C(=O)Nc1cccc(NC(=S)NC(=O)/C=C/c2ccc(Cl)c([N+](=O)[O-])c2)c1. The predicted molar refractivity (Wildman–Crippen MR) is 121 cm³/mol. The number of thiocarbonyl (C=S) groups is 1. The van der Waals surface area contributed by atoms with Crippen molar-refractivity contribution >= 4 is 63.9 Å². The van der Waals surface area contributed by atoms with Crippen LogP contribution in [0.1, 0.15) is 19.4 Å². The average molecular weight is 447 g/mol. The number of carbonyl (C=O) groups excluding carboxylic acids is 2. The van der Waals surface area contributed by atoms with Gasteiger partial charge in [-0.2, -0.15) is 0 Å². The van der Waals surface area contributed by atoms with Gasteiger partial charge in [-0.3, -0.25) is 25.0 Å². The molecule has 0 radical (unpaired) electrons. The van der Waals surface area contributed by atoms with Gasteiger partial charge in [-0.25, -0.2) is 0 Å². The van der Waals surface area contributed by atoms with Crippen molar-refractivity contribution in [3.63, 3.8) is 0 Å². The maximum absolute atomic E-state index is 12.0. The molecule has 0 aliphatic rings. The zero-order chi connectivity index (χ0) is 22.3. The molecular formula is C20H19ClN4O4S. The molecule has 0 heterocycles. The van der Waals surface area contributed by atoms with Crippen molar-refractivity contribution in [1.29, 1.82) is 0 Å². The fourth-order valence-electron chi connectivity index (χ4n) is 2.22. The minimum Gasteiger partial charge on any atom is -0.332 e. The molecule has 0 aromatic heterocycles. The lowest BCUT2D eigenvalue weighted by atomic mass is 10.2. The Balaban J connectivity index is 1.96. The molecule has 8 nitrogen and oxygen atoms in total. The highest BCUT2D eigenvalue weighted by Crippen LogP contribution is 2.25. The average Bonchev–Trinajstić information content (AvgIpc) is 2.67. The van der Waals surface area contributed by atoms with Gasteiger partial charge in [-0.05, 0) is 48.1 Å². The summed E-state index contributed by atoms with van der Waals surface area (Å²) in [6, 6.07) is 11.1. The van der Waals surface area contributed by atoms with E-state index >= 15 is 0 Å². The second-order valence-corrected chi connectivity index (χ2v) is 7.28. The molecule has 2 rings (SSSR count). The van der Waals surface area contributed by atoms with E-state index in [0.717, 1.165) is 0 Å². The van der Waals surface area contributed by atoms with Crippen LogP contribution in [0.3, 0.4) is 0 Å². The molecule has 0 fully saturated rings. The number of anilines is 2. The van der Waals surface area contributed by atoms with Crippen molar-refractivity contribution in [3.8, 4) is 0 Å². The van der Waals surface area contributed by atoms with Gasteiger partial charge in [-0.15, -0.1) is 0 Å². The molecule has 2 aromatic rings. The summed E-state index contributed by atoms with van der Waals surface area (Å²) in [5.74, 6) is -0.791. The number of nitrogens with zero attached hydrogens (tertiary/aromatic N) is 1. The highest BCUT2D eigenvalue weighted by Gasteiger charge is 2.12. The molecule has 0 saturated heterocycles. The van der Waals surface area contributed by atoms with Crippen LogP contribution in [0.4, 0.5) is 17.1 Å². The largest absolute Gasteiger partial charge is 0.332 e. The van der Waals surface area contributed by atoms with Crippen LogP contribution in [0, 0.1) is 16.0 Å². The summed E-state index contributed by atoms with van der Waals surface area (Å²) in [4.78, 5) is 34.2. The zero-order valence-electron chi connectivity index (χ0n) is 16.1. The molecule has 0 aliphatic heterocycles. The fraction of sp³-hybridized carbons (Fsp3) is 0.150. The highest BCUT2D eigenvalue weighted by molar-refractivity contribution is 7.80. The predicted octanol–water partition coefficient (Wildman–Crippen LogP) is 4.37. The Morgan fingerprint density at radius 1 is 1.13 bits per heavy atom. The standard InChI is InChI=1S/C20H19ClN4O4S/c1-12(2)19(27)22-14-4-3-5-15(11-14)23-20(30)24-18(26)9-7-13-6-8-16(21)17(10-13)25(28)29/h3-12H,1-2H3,(H,22,27)(H2,23,24,26,30)/b9-7+. The second-order valence-electron chi connectivity index (χ2n) is 6.47. The van der Waals surface area contributed by atoms with Crippen LogP contribution in [0.25, 0.3) is 6.08 Å². The molecule has 30 heavy (non-hydrogen) atoms. The van der Waals surface area contributed by atoms with Crippen LogP contribution in [0.5, 0.6) is 0 Å². The van der Waals surface area contributed by atoms with Crippen molar-refractivity contribution in [2.45, 2.75) is 13.8 Å². The zero-order valence-corrected chi connectivity index (χ0v) is 17.7. The van der Waals surface area contributed by atoms with E-state index in [-0.39, 0.29) is 27.6 Å². The normalized spacial score (nSPS) is 10.7. The van der Waals surface area contributed by atoms with Gasteiger partial charge in [0.15, 0.2) is 5.11 Å². The summed E-state index contributed by atoms with van der Waals surface area (Å²) in [6.45, 7) is 3.58. The summed E-state index contributed by atoms with van der Waals surface area (Å²) in [7, 11) is 0. The molecule has 0 bridgehead atoms. The molecule has 10 heteroatoms. The van der Waals surface area contributed by atoms with Gasteiger partial charge >= 0.3 is 0 Å². The fourth-order valence-corrected chi connectivity index (χ4v) is 2.63. The van der Waals surface area contributed by atoms with Gasteiger partial charge in [0.1, 0.15) is 5.02 Å². The lowest BCUT2D eigenvalue weighted by molar-refractivity contribution is -0.384. The Morgan fingerprint density at radius 2 is 1.80 bits per heavy atom. The Kier molecular flexibility index (Phi) is 8.02. The maximum Gasteiger partial charge on any atom is 0.288 e. The number of hydrogen-bond acceptors (Lipinski definition) is 5.